The maximum absolute atomic E-state index is 13.2. The molecule has 0 fully saturated rings. The van der Waals surface area contributed by atoms with Gasteiger partial charge in [-0.1, -0.05) is 50.2 Å². The Balaban J connectivity index is 1.95. The zero-order chi connectivity index (χ0) is 19.4. The molecule has 28 heavy (non-hydrogen) atoms. The molecule has 2 aromatic carbocycles. The van der Waals surface area contributed by atoms with Gasteiger partial charge in [-0.05, 0) is 24.1 Å². The van der Waals surface area contributed by atoms with Crippen molar-refractivity contribution in [1.82, 2.24) is 14.7 Å². The van der Waals surface area contributed by atoms with E-state index in [-0.39, 0.29) is 11.5 Å². The third-order valence-electron chi connectivity index (χ3n) is 5.17. The lowest BCUT2D eigenvalue weighted by molar-refractivity contribution is 0.0944. The van der Waals surface area contributed by atoms with Crippen molar-refractivity contribution in [2.24, 2.45) is 5.92 Å². The molecule has 0 unspecified atom stereocenters. The fraction of sp³-hybridized carbons (Fsp3) is 0.174. The van der Waals surface area contributed by atoms with Gasteiger partial charge >= 0.3 is 0 Å². The van der Waals surface area contributed by atoms with E-state index in [0.29, 0.717) is 29.1 Å². The first kappa shape index (κ1) is 16.7. The first-order chi connectivity index (χ1) is 13.6. The van der Waals surface area contributed by atoms with Crippen LogP contribution in [0.2, 0.25) is 0 Å². The fourth-order valence-electron chi connectivity index (χ4n) is 3.89. The van der Waals surface area contributed by atoms with Gasteiger partial charge in [0.1, 0.15) is 5.69 Å². The zero-order valence-electron chi connectivity index (χ0n) is 15.7. The highest BCUT2D eigenvalue weighted by atomic mass is 16.2. The minimum Gasteiger partial charge on any atom is -0.350 e. The van der Waals surface area contributed by atoms with Crippen LogP contribution in [0.1, 0.15) is 24.3 Å². The highest BCUT2D eigenvalue weighted by Gasteiger charge is 2.20. The summed E-state index contributed by atoms with van der Waals surface area (Å²) in [4.78, 5) is 30.7. The maximum atomic E-state index is 13.2. The molecule has 5 heteroatoms. The van der Waals surface area contributed by atoms with Gasteiger partial charge in [-0.2, -0.15) is 0 Å². The molecule has 0 aliphatic carbocycles. The number of hydrogen-bond acceptors (Lipinski definition) is 3. The summed E-state index contributed by atoms with van der Waals surface area (Å²) in [7, 11) is 0. The maximum Gasteiger partial charge on any atom is 0.269 e. The molecule has 0 aliphatic heterocycles. The number of para-hydroxylation sites is 1. The summed E-state index contributed by atoms with van der Waals surface area (Å²) in [5, 5.41) is 6.13. The van der Waals surface area contributed by atoms with Crippen LogP contribution in [0, 0.1) is 5.92 Å². The number of nitrogens with one attached hydrogen (secondary N) is 1. The fourth-order valence-corrected chi connectivity index (χ4v) is 3.89. The highest BCUT2D eigenvalue weighted by Crippen LogP contribution is 2.33. The molecule has 1 N–H and O–H groups in total. The van der Waals surface area contributed by atoms with Crippen molar-refractivity contribution in [2.45, 2.75) is 13.8 Å². The van der Waals surface area contributed by atoms with Gasteiger partial charge in [-0.25, -0.2) is 4.98 Å². The van der Waals surface area contributed by atoms with E-state index in [0.717, 1.165) is 27.2 Å². The van der Waals surface area contributed by atoms with Gasteiger partial charge in [0.05, 0.1) is 16.6 Å². The number of nitrogens with zero attached hydrogens (tertiary/aromatic N) is 2. The van der Waals surface area contributed by atoms with Gasteiger partial charge in [0.15, 0.2) is 0 Å². The first-order valence-corrected chi connectivity index (χ1v) is 9.42. The lowest BCUT2D eigenvalue weighted by Crippen LogP contribution is -2.28. The summed E-state index contributed by atoms with van der Waals surface area (Å²) >= 11 is 0. The molecule has 0 saturated carbocycles. The van der Waals surface area contributed by atoms with Crippen LogP contribution in [-0.4, -0.2) is 21.8 Å². The molecule has 5 rings (SSSR count). The highest BCUT2D eigenvalue weighted by molar-refractivity contribution is 6.20. The van der Waals surface area contributed by atoms with Crippen LogP contribution in [0.5, 0.6) is 0 Å². The van der Waals surface area contributed by atoms with E-state index in [2.05, 4.69) is 19.2 Å². The van der Waals surface area contributed by atoms with Crippen LogP contribution in [0.25, 0.3) is 38.1 Å². The molecule has 0 bridgehead atoms. The lowest BCUT2D eigenvalue weighted by Gasteiger charge is -2.10. The van der Waals surface area contributed by atoms with E-state index in [9.17, 15) is 9.59 Å². The summed E-state index contributed by atoms with van der Waals surface area (Å²) in [6.45, 7) is 4.69. The predicted octanol–water partition coefficient (Wildman–Crippen LogP) is 3.98. The summed E-state index contributed by atoms with van der Waals surface area (Å²) in [6.07, 6.45) is 0. The van der Waals surface area contributed by atoms with E-state index >= 15 is 0 Å². The van der Waals surface area contributed by atoms with Crippen LogP contribution in [0.15, 0.2) is 59.4 Å². The average Bonchev–Trinajstić information content (AvgIpc) is 3.05. The quantitative estimate of drug-likeness (QED) is 0.489. The van der Waals surface area contributed by atoms with Gasteiger partial charge in [0.2, 0.25) is 0 Å². The van der Waals surface area contributed by atoms with E-state index in [4.69, 9.17) is 4.98 Å². The van der Waals surface area contributed by atoms with Gasteiger partial charge < -0.3 is 5.32 Å². The van der Waals surface area contributed by atoms with Crippen molar-refractivity contribution < 1.29 is 4.79 Å². The molecule has 3 aromatic heterocycles. The van der Waals surface area contributed by atoms with Crippen LogP contribution in [0.3, 0.4) is 0 Å². The largest absolute Gasteiger partial charge is 0.350 e. The second-order valence-electron chi connectivity index (χ2n) is 7.56. The number of benzene rings is 2. The molecule has 5 nitrogen and oxygen atoms in total. The smallest absolute Gasteiger partial charge is 0.269 e. The normalized spacial score (nSPS) is 12.0. The van der Waals surface area contributed by atoms with E-state index in [1.165, 1.54) is 0 Å². The second kappa shape index (κ2) is 6.02. The van der Waals surface area contributed by atoms with Crippen LogP contribution < -0.4 is 10.9 Å². The summed E-state index contributed by atoms with van der Waals surface area (Å²) in [5.74, 6) is 0.157. The number of fused-ring (bicyclic) bond motifs is 5. The molecule has 5 aromatic rings. The second-order valence-corrected chi connectivity index (χ2v) is 7.56. The number of carbonyl (C=O) groups excluding carboxylic acids is 1. The van der Waals surface area contributed by atoms with Gasteiger partial charge in [-0.15, -0.1) is 0 Å². The topological polar surface area (TPSA) is 63.5 Å². The van der Waals surface area contributed by atoms with Crippen molar-refractivity contribution in [3.05, 3.63) is 70.6 Å². The molecule has 1 amide bonds. The van der Waals surface area contributed by atoms with E-state index in [1.807, 2.05) is 48.5 Å². The molecule has 138 valence electrons. The summed E-state index contributed by atoms with van der Waals surface area (Å²) < 4.78 is 1.73. The Bertz CT molecular complexity index is 1430. The Hall–Kier alpha value is -3.47. The number of rotatable bonds is 3. The lowest BCUT2D eigenvalue weighted by atomic mass is 10.1. The number of hydrogen-bond donors (Lipinski definition) is 1. The first-order valence-electron chi connectivity index (χ1n) is 9.42. The monoisotopic (exact) mass is 369 g/mol. The number of carbonyl (C=O) groups is 1. The Morgan fingerprint density at radius 2 is 1.68 bits per heavy atom. The van der Waals surface area contributed by atoms with Crippen LogP contribution in [0.4, 0.5) is 0 Å². The predicted molar refractivity (Wildman–Crippen MR) is 112 cm³/mol. The van der Waals surface area contributed by atoms with Crippen LogP contribution in [-0.2, 0) is 0 Å². The molecule has 0 aliphatic rings. The SMILES string of the molecule is CC(C)CNC(=O)c1cc2c3ccccc3n3c(=O)c4ccccc4c(n1)c23. The van der Waals surface area contributed by atoms with Crippen molar-refractivity contribution in [3.63, 3.8) is 0 Å². The van der Waals surface area contributed by atoms with Gasteiger partial charge in [0, 0.05) is 28.1 Å². The minimum absolute atomic E-state index is 0.0619. The number of amides is 1. The van der Waals surface area contributed by atoms with Crippen molar-refractivity contribution in [2.75, 3.05) is 6.54 Å². The number of pyridine rings is 2. The Morgan fingerprint density at radius 1 is 1.00 bits per heavy atom. The molecule has 3 heterocycles. The minimum atomic E-state index is -0.196. The number of aromatic nitrogens is 2. The molecular formula is C23H19N3O2. The molecule has 0 saturated heterocycles. The summed E-state index contributed by atoms with van der Waals surface area (Å²) in [5.41, 5.74) is 2.59. The van der Waals surface area contributed by atoms with Crippen molar-refractivity contribution >= 4 is 44.0 Å². The van der Waals surface area contributed by atoms with Crippen molar-refractivity contribution in [1.29, 1.82) is 0 Å². The van der Waals surface area contributed by atoms with E-state index < -0.39 is 0 Å². The molecule has 0 spiro atoms. The Morgan fingerprint density at radius 3 is 2.43 bits per heavy atom. The molecular weight excluding hydrogens is 350 g/mol. The third-order valence-corrected chi connectivity index (χ3v) is 5.17. The van der Waals surface area contributed by atoms with Gasteiger partial charge in [0.25, 0.3) is 11.5 Å². The average molecular weight is 369 g/mol. The Labute approximate surface area is 161 Å². The van der Waals surface area contributed by atoms with Crippen LogP contribution >= 0.6 is 0 Å². The third kappa shape index (κ3) is 2.29. The van der Waals surface area contributed by atoms with E-state index in [1.54, 1.807) is 10.5 Å². The van der Waals surface area contributed by atoms with Crippen molar-refractivity contribution in [3.8, 4) is 0 Å². The van der Waals surface area contributed by atoms with Gasteiger partial charge in [-0.3, -0.25) is 14.0 Å². The molecule has 0 radical (unpaired) electrons. The summed E-state index contributed by atoms with van der Waals surface area (Å²) in [6, 6.07) is 17.0. The molecule has 0 atom stereocenters. The Kier molecular flexibility index (Phi) is 3.59. The zero-order valence-corrected chi connectivity index (χ0v) is 15.7. The standard InChI is InChI=1S/C23H19N3O2/c1-13(2)12-24-22(27)18-11-17-14-7-5-6-10-19(14)26-21(17)20(25-18)15-8-3-4-9-16(15)23(26)28/h3-11,13H,12H2,1-2H3,(H,24,27).